The van der Waals surface area contributed by atoms with E-state index < -0.39 is 27.0 Å². The molecule has 2 aromatic rings. The van der Waals surface area contributed by atoms with Crippen molar-refractivity contribution in [2.75, 3.05) is 7.11 Å². The van der Waals surface area contributed by atoms with Crippen molar-refractivity contribution in [2.24, 2.45) is 0 Å². The summed E-state index contributed by atoms with van der Waals surface area (Å²) in [5.41, 5.74) is 1.66. The van der Waals surface area contributed by atoms with Gasteiger partial charge in [-0.3, -0.25) is 14.9 Å². The van der Waals surface area contributed by atoms with Crippen LogP contribution in [0.1, 0.15) is 16.7 Å². The first-order valence-electron chi connectivity index (χ1n) is 8.33. The summed E-state index contributed by atoms with van der Waals surface area (Å²) in [6, 6.07) is 9.16. The highest BCUT2D eigenvalue weighted by Gasteiger charge is 2.39. The topological polar surface area (TPSA) is 127 Å². The molecule has 0 saturated carbocycles. The zero-order valence-electron chi connectivity index (χ0n) is 14.9. The summed E-state index contributed by atoms with van der Waals surface area (Å²) in [5.74, 6) is -0.778. The standard InChI is InChI=1S/C18H18N2O7S/c1-27-15-4-6-16(7-5-15)28(25,26)19-11-14-8-12(10-20(23)24)2-3-13(14)9-17(19)18(21)22/h2-8,17H,9-11H2,1H3,(H,21,22). The number of carbonyl (C=O) groups is 1. The van der Waals surface area contributed by atoms with E-state index >= 15 is 0 Å². The fourth-order valence-corrected chi connectivity index (χ4v) is 4.77. The smallest absolute Gasteiger partial charge is 0.322 e. The summed E-state index contributed by atoms with van der Waals surface area (Å²) in [5, 5.41) is 20.3. The Labute approximate surface area is 161 Å². The maximum Gasteiger partial charge on any atom is 0.322 e. The fourth-order valence-electron chi connectivity index (χ4n) is 3.21. The molecule has 0 aliphatic carbocycles. The Bertz CT molecular complexity index is 1020. The molecule has 1 aliphatic heterocycles. The number of nitro groups is 1. The summed E-state index contributed by atoms with van der Waals surface area (Å²) >= 11 is 0. The molecule has 0 fully saturated rings. The number of carboxylic acids is 1. The molecule has 28 heavy (non-hydrogen) atoms. The van der Waals surface area contributed by atoms with Crippen LogP contribution in [0.15, 0.2) is 47.4 Å². The van der Waals surface area contributed by atoms with Crippen molar-refractivity contribution in [3.8, 4) is 5.75 Å². The number of carboxylic acid groups (broad SMARTS) is 1. The van der Waals surface area contributed by atoms with Gasteiger partial charge in [0.25, 0.3) is 0 Å². The minimum atomic E-state index is -4.10. The summed E-state index contributed by atoms with van der Waals surface area (Å²) in [6.07, 6.45) is -0.0151. The number of methoxy groups -OCH3 is 1. The lowest BCUT2D eigenvalue weighted by molar-refractivity contribution is -0.496. The Morgan fingerprint density at radius 2 is 1.93 bits per heavy atom. The molecule has 1 N–H and O–H groups in total. The quantitative estimate of drug-likeness (QED) is 0.571. The first-order chi connectivity index (χ1) is 13.2. The second kappa shape index (κ2) is 7.56. The predicted octanol–water partition coefficient (Wildman–Crippen LogP) is 1.67. The van der Waals surface area contributed by atoms with Crippen LogP contribution in [0, 0.1) is 10.1 Å². The van der Waals surface area contributed by atoms with E-state index in [4.69, 9.17) is 4.74 Å². The molecule has 0 saturated heterocycles. The summed E-state index contributed by atoms with van der Waals surface area (Å²) in [7, 11) is -2.64. The minimum absolute atomic E-state index is 0.0151. The van der Waals surface area contributed by atoms with Gasteiger partial charge in [-0.05, 0) is 41.5 Å². The number of sulfonamides is 1. The van der Waals surface area contributed by atoms with E-state index in [1.807, 2.05) is 0 Å². The third kappa shape index (κ3) is 3.82. The summed E-state index contributed by atoms with van der Waals surface area (Å²) in [4.78, 5) is 22.0. The Hall–Kier alpha value is -2.98. The average molecular weight is 406 g/mol. The molecule has 0 spiro atoms. The Morgan fingerprint density at radius 1 is 1.25 bits per heavy atom. The highest BCUT2D eigenvalue weighted by Crippen LogP contribution is 2.30. The number of hydrogen-bond donors (Lipinski definition) is 1. The molecule has 2 aromatic carbocycles. The van der Waals surface area contributed by atoms with Crippen molar-refractivity contribution in [1.82, 2.24) is 4.31 Å². The SMILES string of the molecule is COc1ccc(S(=O)(=O)N2Cc3cc(C[N+](=O)[O-])ccc3CC2C(=O)O)cc1. The molecule has 0 bridgehead atoms. The number of rotatable bonds is 6. The molecule has 9 nitrogen and oxygen atoms in total. The first-order valence-corrected chi connectivity index (χ1v) is 9.77. The lowest BCUT2D eigenvalue weighted by atomic mass is 9.94. The van der Waals surface area contributed by atoms with Gasteiger partial charge in [0.1, 0.15) is 11.8 Å². The number of benzene rings is 2. The zero-order chi connectivity index (χ0) is 20.5. The molecule has 1 aliphatic rings. The van der Waals surface area contributed by atoms with E-state index in [0.717, 1.165) is 4.31 Å². The number of nitrogens with zero attached hydrogens (tertiary/aromatic N) is 2. The van der Waals surface area contributed by atoms with E-state index in [9.17, 15) is 28.4 Å². The van der Waals surface area contributed by atoms with E-state index in [1.54, 1.807) is 18.2 Å². The third-order valence-corrected chi connectivity index (χ3v) is 6.49. The van der Waals surface area contributed by atoms with Gasteiger partial charge < -0.3 is 9.84 Å². The molecule has 148 valence electrons. The van der Waals surface area contributed by atoms with Crippen LogP contribution in [-0.2, 0) is 34.3 Å². The van der Waals surface area contributed by atoms with E-state index in [0.29, 0.717) is 22.4 Å². The van der Waals surface area contributed by atoms with Gasteiger partial charge in [0.05, 0.1) is 12.0 Å². The largest absolute Gasteiger partial charge is 0.497 e. The monoisotopic (exact) mass is 406 g/mol. The van der Waals surface area contributed by atoms with Gasteiger partial charge in [-0.15, -0.1) is 0 Å². The van der Waals surface area contributed by atoms with Gasteiger partial charge in [-0.25, -0.2) is 8.42 Å². The molecule has 3 rings (SSSR count). The number of fused-ring (bicyclic) bond motifs is 1. The van der Waals surface area contributed by atoms with Crippen LogP contribution in [0.3, 0.4) is 0 Å². The lowest BCUT2D eigenvalue weighted by Gasteiger charge is -2.33. The van der Waals surface area contributed by atoms with Crippen LogP contribution in [0.4, 0.5) is 0 Å². The predicted molar refractivity (Wildman–Crippen MR) is 98.0 cm³/mol. The molecule has 0 radical (unpaired) electrons. The molecule has 1 heterocycles. The van der Waals surface area contributed by atoms with Gasteiger partial charge in [0, 0.05) is 23.5 Å². The maximum absolute atomic E-state index is 13.1. The van der Waals surface area contributed by atoms with Gasteiger partial charge in [-0.2, -0.15) is 4.31 Å². The molecule has 0 amide bonds. The second-order valence-corrected chi connectivity index (χ2v) is 8.27. The van der Waals surface area contributed by atoms with Crippen molar-refractivity contribution in [3.05, 3.63) is 69.3 Å². The Morgan fingerprint density at radius 3 is 2.50 bits per heavy atom. The van der Waals surface area contributed by atoms with Gasteiger partial charge in [0.15, 0.2) is 0 Å². The van der Waals surface area contributed by atoms with Gasteiger partial charge in [0.2, 0.25) is 16.6 Å². The number of aliphatic carboxylic acids is 1. The van der Waals surface area contributed by atoms with E-state index in [-0.39, 0.29) is 24.4 Å². The molecule has 1 unspecified atom stereocenters. The highest BCUT2D eigenvalue weighted by molar-refractivity contribution is 7.89. The van der Waals surface area contributed by atoms with Crippen molar-refractivity contribution < 1.29 is 28.0 Å². The van der Waals surface area contributed by atoms with Crippen LogP contribution >= 0.6 is 0 Å². The number of hydrogen-bond acceptors (Lipinski definition) is 6. The summed E-state index contributed by atoms with van der Waals surface area (Å²) in [6.45, 7) is -0.562. The van der Waals surface area contributed by atoms with Crippen molar-refractivity contribution >= 4 is 16.0 Å². The fraction of sp³-hybridized carbons (Fsp3) is 0.278. The van der Waals surface area contributed by atoms with Crippen molar-refractivity contribution in [3.63, 3.8) is 0 Å². The van der Waals surface area contributed by atoms with Crippen LogP contribution < -0.4 is 4.74 Å². The van der Waals surface area contributed by atoms with Gasteiger partial charge in [-0.1, -0.05) is 12.1 Å². The van der Waals surface area contributed by atoms with E-state index in [1.165, 1.54) is 31.4 Å². The minimum Gasteiger partial charge on any atom is -0.497 e. The maximum atomic E-state index is 13.1. The van der Waals surface area contributed by atoms with Gasteiger partial charge >= 0.3 is 5.97 Å². The van der Waals surface area contributed by atoms with E-state index in [2.05, 4.69) is 0 Å². The average Bonchev–Trinajstić information content (AvgIpc) is 2.66. The molecule has 0 aromatic heterocycles. The number of ether oxygens (including phenoxy) is 1. The normalized spacial score (nSPS) is 17.0. The molecule has 1 atom stereocenters. The van der Waals surface area contributed by atoms with Crippen LogP contribution in [0.2, 0.25) is 0 Å². The van der Waals surface area contributed by atoms with Crippen molar-refractivity contribution in [2.45, 2.75) is 30.4 Å². The third-order valence-electron chi connectivity index (χ3n) is 4.62. The lowest BCUT2D eigenvalue weighted by Crippen LogP contribution is -2.48. The first kappa shape index (κ1) is 19.8. The molecule has 10 heteroatoms. The van der Waals surface area contributed by atoms with Crippen molar-refractivity contribution in [1.29, 1.82) is 0 Å². The highest BCUT2D eigenvalue weighted by atomic mass is 32.2. The van der Waals surface area contributed by atoms with Crippen LogP contribution in [0.5, 0.6) is 5.75 Å². The van der Waals surface area contributed by atoms with Crippen LogP contribution in [-0.4, -0.2) is 41.9 Å². The second-order valence-electron chi connectivity index (χ2n) is 6.38. The summed E-state index contributed by atoms with van der Waals surface area (Å²) < 4.78 is 32.1. The zero-order valence-corrected chi connectivity index (χ0v) is 15.8. The Balaban J connectivity index is 2.00. The molecular formula is C18H18N2O7S. The molecular weight excluding hydrogens is 388 g/mol. The van der Waals surface area contributed by atoms with Crippen LogP contribution in [0.25, 0.3) is 0 Å². The Kier molecular flexibility index (Phi) is 5.34.